The molecule has 21 heavy (non-hydrogen) atoms. The predicted molar refractivity (Wildman–Crippen MR) is 77.7 cm³/mol. The van der Waals surface area contributed by atoms with Crippen molar-refractivity contribution in [3.05, 3.63) is 69.8 Å². The lowest BCUT2D eigenvalue weighted by Gasteiger charge is -2.01. The zero-order valence-corrected chi connectivity index (χ0v) is 10.8. The van der Waals surface area contributed by atoms with Crippen LogP contribution in [0.1, 0.15) is 15.9 Å². The van der Waals surface area contributed by atoms with E-state index in [0.717, 1.165) is 0 Å². The number of anilines is 1. The van der Waals surface area contributed by atoms with Gasteiger partial charge in [-0.2, -0.15) is 5.10 Å². The third kappa shape index (κ3) is 3.63. The highest BCUT2D eigenvalue weighted by molar-refractivity contribution is 5.88. The van der Waals surface area contributed by atoms with Crippen molar-refractivity contribution in [3.63, 3.8) is 0 Å². The summed E-state index contributed by atoms with van der Waals surface area (Å²) in [5.74, 6) is -1.01. The fourth-order valence-electron chi connectivity index (χ4n) is 1.63. The van der Waals surface area contributed by atoms with E-state index in [1.165, 1.54) is 24.4 Å². The van der Waals surface area contributed by atoms with Gasteiger partial charge in [0.1, 0.15) is 0 Å². The molecule has 2 N–H and O–H groups in total. The molecule has 2 aromatic carbocycles. The van der Waals surface area contributed by atoms with E-state index < -0.39 is 10.9 Å². The summed E-state index contributed by atoms with van der Waals surface area (Å²) in [4.78, 5) is 21.0. The summed E-state index contributed by atoms with van der Waals surface area (Å²) in [6.07, 6.45) is 1.34. The Morgan fingerprint density at radius 1 is 1.19 bits per heavy atom. The molecule has 2 aromatic rings. The van der Waals surface area contributed by atoms with Crippen LogP contribution >= 0.6 is 0 Å². The molecule has 0 radical (unpaired) electrons. The Hall–Kier alpha value is -3.22. The minimum Gasteiger partial charge on any atom is -0.478 e. The number of para-hydroxylation sites is 1. The summed E-state index contributed by atoms with van der Waals surface area (Å²) in [6, 6.07) is 12.2. The highest BCUT2D eigenvalue weighted by Crippen LogP contribution is 2.15. The number of nitrogens with one attached hydrogen (secondary N) is 1. The number of benzene rings is 2. The molecule has 0 bridgehead atoms. The lowest BCUT2D eigenvalue weighted by molar-refractivity contribution is -0.385. The van der Waals surface area contributed by atoms with Gasteiger partial charge >= 0.3 is 5.97 Å². The molecular weight excluding hydrogens is 274 g/mol. The van der Waals surface area contributed by atoms with Gasteiger partial charge in [0, 0.05) is 6.07 Å². The monoisotopic (exact) mass is 285 g/mol. The SMILES string of the molecule is O=C(O)c1ccc(N/N=C\c2ccccc2[N+](=O)[O-])cc1. The van der Waals surface area contributed by atoms with Crippen molar-refractivity contribution >= 4 is 23.6 Å². The molecule has 7 heteroatoms. The van der Waals surface area contributed by atoms with Gasteiger partial charge in [0.2, 0.25) is 0 Å². The van der Waals surface area contributed by atoms with Crippen LogP contribution < -0.4 is 5.43 Å². The Morgan fingerprint density at radius 2 is 1.86 bits per heavy atom. The van der Waals surface area contributed by atoms with E-state index in [0.29, 0.717) is 11.3 Å². The van der Waals surface area contributed by atoms with Crippen LogP contribution in [0.3, 0.4) is 0 Å². The van der Waals surface area contributed by atoms with Gasteiger partial charge in [0.05, 0.1) is 28.0 Å². The number of aromatic carboxylic acids is 1. The number of rotatable bonds is 5. The number of hydrogen-bond acceptors (Lipinski definition) is 5. The number of carboxylic acids is 1. The second-order valence-corrected chi connectivity index (χ2v) is 4.07. The van der Waals surface area contributed by atoms with Gasteiger partial charge in [-0.25, -0.2) is 4.79 Å². The van der Waals surface area contributed by atoms with Crippen molar-refractivity contribution in [2.45, 2.75) is 0 Å². The van der Waals surface area contributed by atoms with E-state index >= 15 is 0 Å². The van der Waals surface area contributed by atoms with Crippen molar-refractivity contribution in [1.82, 2.24) is 0 Å². The number of nitro benzene ring substituents is 1. The largest absolute Gasteiger partial charge is 0.478 e. The van der Waals surface area contributed by atoms with Crippen LogP contribution in [-0.4, -0.2) is 22.2 Å². The standard InChI is InChI=1S/C14H11N3O4/c18-14(19)10-5-7-12(8-6-10)16-15-9-11-3-1-2-4-13(11)17(20)21/h1-9,16H,(H,18,19)/b15-9-. The lowest BCUT2D eigenvalue weighted by atomic mass is 10.2. The molecule has 7 nitrogen and oxygen atoms in total. The summed E-state index contributed by atoms with van der Waals surface area (Å²) >= 11 is 0. The van der Waals surface area contributed by atoms with E-state index in [-0.39, 0.29) is 11.3 Å². The fraction of sp³-hybridized carbons (Fsp3) is 0. The maximum absolute atomic E-state index is 10.8. The molecule has 0 aromatic heterocycles. The van der Waals surface area contributed by atoms with E-state index in [1.54, 1.807) is 30.3 Å². The molecule has 0 aliphatic rings. The molecule has 2 rings (SSSR count). The first-order valence-corrected chi connectivity index (χ1v) is 5.94. The van der Waals surface area contributed by atoms with Crippen molar-refractivity contribution in [1.29, 1.82) is 0 Å². The number of carbonyl (C=O) groups is 1. The van der Waals surface area contributed by atoms with Gasteiger partial charge in [-0.15, -0.1) is 0 Å². The average molecular weight is 285 g/mol. The van der Waals surface area contributed by atoms with Gasteiger partial charge < -0.3 is 5.11 Å². The summed E-state index contributed by atoms with van der Waals surface area (Å²) in [6.45, 7) is 0. The molecule has 0 atom stereocenters. The van der Waals surface area contributed by atoms with Crippen LogP contribution in [0.5, 0.6) is 0 Å². The molecule has 0 unspecified atom stereocenters. The van der Waals surface area contributed by atoms with E-state index in [1.807, 2.05) is 0 Å². The second kappa shape index (κ2) is 6.29. The first-order valence-electron chi connectivity index (χ1n) is 5.94. The molecule has 0 spiro atoms. The molecule has 0 saturated carbocycles. The Kier molecular flexibility index (Phi) is 4.25. The summed E-state index contributed by atoms with van der Waals surface area (Å²) in [7, 11) is 0. The van der Waals surface area contributed by atoms with Crippen LogP contribution in [0.25, 0.3) is 0 Å². The molecule has 0 saturated heterocycles. The molecule has 106 valence electrons. The van der Waals surface area contributed by atoms with E-state index in [4.69, 9.17) is 5.11 Å². The molecular formula is C14H11N3O4. The number of carboxylic acid groups (broad SMARTS) is 1. The smallest absolute Gasteiger partial charge is 0.335 e. The molecule has 0 fully saturated rings. The summed E-state index contributed by atoms with van der Waals surface area (Å²) < 4.78 is 0. The number of hydrazone groups is 1. The van der Waals surface area contributed by atoms with Crippen LogP contribution in [0, 0.1) is 10.1 Å². The third-order valence-corrected chi connectivity index (χ3v) is 2.66. The minimum atomic E-state index is -1.01. The van der Waals surface area contributed by atoms with Gasteiger partial charge in [-0.3, -0.25) is 15.5 Å². The Labute approximate surface area is 119 Å². The quantitative estimate of drug-likeness (QED) is 0.499. The van der Waals surface area contributed by atoms with Gasteiger partial charge in [-0.05, 0) is 30.3 Å². The number of nitro groups is 1. The zero-order valence-electron chi connectivity index (χ0n) is 10.8. The zero-order chi connectivity index (χ0) is 15.2. The average Bonchev–Trinajstić information content (AvgIpc) is 2.48. The summed E-state index contributed by atoms with van der Waals surface area (Å²) in [5.41, 5.74) is 3.76. The Balaban J connectivity index is 2.09. The highest BCUT2D eigenvalue weighted by atomic mass is 16.6. The molecule has 0 aliphatic heterocycles. The van der Waals surface area contributed by atoms with E-state index in [2.05, 4.69) is 10.5 Å². The number of nitrogens with zero attached hydrogens (tertiary/aromatic N) is 2. The minimum absolute atomic E-state index is 0.0377. The van der Waals surface area contributed by atoms with Gasteiger partial charge in [0.25, 0.3) is 5.69 Å². The first-order chi connectivity index (χ1) is 10.1. The first kappa shape index (κ1) is 14.2. The Bertz CT molecular complexity index is 696. The highest BCUT2D eigenvalue weighted by Gasteiger charge is 2.09. The topological polar surface area (TPSA) is 105 Å². The van der Waals surface area contributed by atoms with Gasteiger partial charge in [-0.1, -0.05) is 12.1 Å². The number of hydrogen-bond donors (Lipinski definition) is 2. The molecule has 0 aliphatic carbocycles. The maximum Gasteiger partial charge on any atom is 0.335 e. The fourth-order valence-corrected chi connectivity index (χ4v) is 1.63. The van der Waals surface area contributed by atoms with Crippen molar-refractivity contribution in [2.75, 3.05) is 5.43 Å². The lowest BCUT2D eigenvalue weighted by Crippen LogP contribution is -1.97. The normalized spacial score (nSPS) is 10.5. The van der Waals surface area contributed by atoms with Crippen LogP contribution in [0.2, 0.25) is 0 Å². The van der Waals surface area contributed by atoms with E-state index in [9.17, 15) is 14.9 Å². The second-order valence-electron chi connectivity index (χ2n) is 4.07. The molecule has 0 amide bonds. The predicted octanol–water partition coefficient (Wildman–Crippen LogP) is 2.74. The van der Waals surface area contributed by atoms with Gasteiger partial charge in [0.15, 0.2) is 0 Å². The van der Waals surface area contributed by atoms with Crippen molar-refractivity contribution in [2.24, 2.45) is 5.10 Å². The molecule has 0 heterocycles. The van der Waals surface area contributed by atoms with Crippen molar-refractivity contribution in [3.8, 4) is 0 Å². The summed E-state index contributed by atoms with van der Waals surface area (Å²) in [5, 5.41) is 23.5. The van der Waals surface area contributed by atoms with Crippen LogP contribution in [-0.2, 0) is 0 Å². The van der Waals surface area contributed by atoms with Crippen molar-refractivity contribution < 1.29 is 14.8 Å². The Morgan fingerprint density at radius 3 is 2.48 bits per heavy atom. The third-order valence-electron chi connectivity index (χ3n) is 2.66. The van der Waals surface area contributed by atoms with Crippen LogP contribution in [0.4, 0.5) is 11.4 Å². The van der Waals surface area contributed by atoms with Crippen LogP contribution in [0.15, 0.2) is 53.6 Å². The maximum atomic E-state index is 10.8.